The van der Waals surface area contributed by atoms with E-state index in [9.17, 15) is 44.9 Å². The Balaban J connectivity index is 1.59. The lowest BCUT2D eigenvalue weighted by atomic mass is 9.81. The molecule has 3 aliphatic heterocycles. The number of carbonyl (C=O) groups is 1. The SMILES string of the molecule is C[C@@H](N)[C@@H]1CC[C@@H](N)[C@@H](O[C@@H]2[C@@H](N)[C@H](O)[C@@H](NC(=O)[C@@H](O)[C@H](F)CN)[C@H](O)[C@H]2O[C@@H]2O[C@H](CO)[C@@H](O[C@H]3O[C@@H](CN)[C@@H](O)[C@H](O)[C@H]3N)[C@H]2O)O1. The van der Waals surface area contributed by atoms with E-state index in [1.54, 1.807) is 6.92 Å². The van der Waals surface area contributed by atoms with Gasteiger partial charge in [0.2, 0.25) is 0 Å². The standard InChI is InChI=1S/C28H54FN7O14/c1-7(32)10-3-2-9(33)26(45-10)49-23-13(34)18(40)15(36-25(44)16(38)8(29)4-30)20(42)24(23)50-28-21(43)22(12(6-37)47-28)48-27-14(35)19(41)17(39)11(5-31)46-27/h7-24,26-28,37-43H,2-6,30-35H2,1H3,(H,36,44)/t7-,8-,9-,10+,11+,12-,13+,14-,15-,16+,17-,18+,19-,20+,21-,22-,23-,24-,26-,27-,28+/m1/s1. The first-order valence-corrected chi connectivity index (χ1v) is 16.5. The first kappa shape index (κ1) is 41.4. The maximum absolute atomic E-state index is 14.0. The molecule has 0 bridgehead atoms. The summed E-state index contributed by atoms with van der Waals surface area (Å²) in [5.74, 6) is -1.33. The van der Waals surface area contributed by atoms with Crippen molar-refractivity contribution in [1.82, 2.24) is 5.32 Å². The summed E-state index contributed by atoms with van der Waals surface area (Å²) in [5.41, 5.74) is 35.5. The third kappa shape index (κ3) is 8.71. The lowest BCUT2D eigenvalue weighted by molar-refractivity contribution is -0.297. The summed E-state index contributed by atoms with van der Waals surface area (Å²) in [7, 11) is 0. The summed E-state index contributed by atoms with van der Waals surface area (Å²) in [6.45, 7) is 0.0533. The normalized spacial score (nSPS) is 47.4. The first-order chi connectivity index (χ1) is 23.6. The molecule has 0 radical (unpaired) electrons. The molecule has 0 unspecified atom stereocenters. The molecule has 1 aliphatic carbocycles. The molecule has 4 rings (SSSR count). The van der Waals surface area contributed by atoms with Gasteiger partial charge in [-0.2, -0.15) is 0 Å². The second kappa shape index (κ2) is 17.6. The van der Waals surface area contributed by atoms with Gasteiger partial charge in [-0.15, -0.1) is 0 Å². The van der Waals surface area contributed by atoms with Crippen molar-refractivity contribution in [2.24, 2.45) is 34.4 Å². The third-order valence-corrected chi connectivity index (χ3v) is 9.67. The summed E-state index contributed by atoms with van der Waals surface area (Å²) in [6.07, 6.45) is -23.8. The van der Waals surface area contributed by atoms with Crippen LogP contribution in [-0.2, 0) is 33.2 Å². The molecule has 0 aromatic heterocycles. The molecule has 3 heterocycles. The van der Waals surface area contributed by atoms with Crippen LogP contribution in [0.1, 0.15) is 19.8 Å². The number of amides is 1. The molecule has 3 saturated heterocycles. The fraction of sp³-hybridized carbons (Fsp3) is 0.964. The Morgan fingerprint density at radius 1 is 0.820 bits per heavy atom. The predicted octanol–water partition coefficient (Wildman–Crippen LogP) is -8.66. The molecule has 20 N–H and O–H groups in total. The van der Waals surface area contributed by atoms with Crippen LogP contribution in [0.15, 0.2) is 0 Å². The highest BCUT2D eigenvalue weighted by Gasteiger charge is 2.56. The van der Waals surface area contributed by atoms with Gasteiger partial charge >= 0.3 is 0 Å². The van der Waals surface area contributed by atoms with Gasteiger partial charge in [0.1, 0.15) is 61.1 Å². The highest BCUT2D eigenvalue weighted by Crippen LogP contribution is 2.35. The number of nitrogens with one attached hydrogen (secondary N) is 1. The molecule has 0 aromatic carbocycles. The van der Waals surface area contributed by atoms with E-state index in [0.29, 0.717) is 12.8 Å². The Hall–Kier alpha value is -1.36. The lowest BCUT2D eigenvalue weighted by Crippen LogP contribution is -2.73. The number of aliphatic hydroxyl groups excluding tert-OH is 7. The van der Waals surface area contributed by atoms with Crippen LogP contribution in [0.2, 0.25) is 0 Å². The molecular formula is C28H54FN7O14. The van der Waals surface area contributed by atoms with Gasteiger partial charge in [-0.25, -0.2) is 4.39 Å². The zero-order chi connectivity index (χ0) is 37.2. The van der Waals surface area contributed by atoms with Crippen LogP contribution in [0.5, 0.6) is 0 Å². The van der Waals surface area contributed by atoms with Gasteiger partial charge < -0.3 is 104 Å². The molecule has 292 valence electrons. The van der Waals surface area contributed by atoms with Crippen LogP contribution < -0.4 is 39.7 Å². The summed E-state index contributed by atoms with van der Waals surface area (Å²) in [4.78, 5) is 12.7. The van der Waals surface area contributed by atoms with Crippen LogP contribution in [0.25, 0.3) is 0 Å². The van der Waals surface area contributed by atoms with E-state index in [0.717, 1.165) is 0 Å². The number of hydrogen-bond acceptors (Lipinski definition) is 20. The van der Waals surface area contributed by atoms with Crippen molar-refractivity contribution >= 4 is 5.91 Å². The number of nitrogens with two attached hydrogens (primary N) is 6. The van der Waals surface area contributed by atoms with Crippen molar-refractivity contribution in [3.8, 4) is 0 Å². The number of rotatable bonds is 13. The van der Waals surface area contributed by atoms with Crippen LogP contribution in [0.3, 0.4) is 0 Å². The molecule has 21 atom stereocenters. The average Bonchev–Trinajstić information content (AvgIpc) is 3.39. The fourth-order valence-electron chi connectivity index (χ4n) is 6.51. The van der Waals surface area contributed by atoms with E-state index in [-0.39, 0.29) is 6.54 Å². The molecule has 22 heteroatoms. The van der Waals surface area contributed by atoms with Crippen molar-refractivity contribution in [1.29, 1.82) is 0 Å². The van der Waals surface area contributed by atoms with Gasteiger partial charge in [0, 0.05) is 19.1 Å². The number of aliphatic hydroxyl groups is 7. The number of alkyl halides is 1. The zero-order valence-electron chi connectivity index (χ0n) is 27.5. The predicted molar refractivity (Wildman–Crippen MR) is 165 cm³/mol. The highest BCUT2D eigenvalue weighted by atomic mass is 19.1. The van der Waals surface area contributed by atoms with Crippen molar-refractivity contribution in [2.75, 3.05) is 19.7 Å². The van der Waals surface area contributed by atoms with Crippen molar-refractivity contribution in [2.45, 2.75) is 148 Å². The molecular weight excluding hydrogens is 677 g/mol. The molecule has 0 aromatic rings. The molecule has 21 nitrogen and oxygen atoms in total. The van der Waals surface area contributed by atoms with Crippen LogP contribution in [0, 0.1) is 0 Å². The van der Waals surface area contributed by atoms with Gasteiger partial charge in [0.25, 0.3) is 5.91 Å². The highest BCUT2D eigenvalue weighted by molar-refractivity contribution is 5.81. The van der Waals surface area contributed by atoms with E-state index in [4.69, 9.17) is 62.8 Å². The van der Waals surface area contributed by atoms with Gasteiger partial charge in [-0.3, -0.25) is 4.79 Å². The topological polar surface area (TPSA) is 382 Å². The minimum atomic E-state index is -2.26. The Morgan fingerprint density at radius 3 is 2.04 bits per heavy atom. The van der Waals surface area contributed by atoms with E-state index in [1.807, 2.05) is 0 Å². The zero-order valence-corrected chi connectivity index (χ0v) is 27.5. The van der Waals surface area contributed by atoms with Crippen molar-refractivity contribution < 1.29 is 73.4 Å². The van der Waals surface area contributed by atoms with E-state index in [1.165, 1.54) is 0 Å². The quantitative estimate of drug-likeness (QED) is 0.0836. The first-order valence-electron chi connectivity index (χ1n) is 16.5. The second-order valence-electron chi connectivity index (χ2n) is 13.3. The molecule has 1 amide bonds. The Morgan fingerprint density at radius 2 is 1.44 bits per heavy atom. The van der Waals surface area contributed by atoms with E-state index < -0.39 is 148 Å². The molecule has 1 saturated carbocycles. The van der Waals surface area contributed by atoms with Gasteiger partial charge in [-0.05, 0) is 19.8 Å². The van der Waals surface area contributed by atoms with Crippen molar-refractivity contribution in [3.05, 3.63) is 0 Å². The number of hydrogen-bond donors (Lipinski definition) is 14. The molecule has 50 heavy (non-hydrogen) atoms. The molecule has 4 fully saturated rings. The fourth-order valence-corrected chi connectivity index (χ4v) is 6.51. The summed E-state index contributed by atoms with van der Waals surface area (Å²) in [6, 6.07) is -5.64. The summed E-state index contributed by atoms with van der Waals surface area (Å²) >= 11 is 0. The smallest absolute Gasteiger partial charge is 0.252 e. The number of ether oxygens (including phenoxy) is 6. The average molecular weight is 732 g/mol. The Labute approximate surface area is 287 Å². The van der Waals surface area contributed by atoms with Crippen molar-refractivity contribution in [3.63, 3.8) is 0 Å². The summed E-state index contributed by atoms with van der Waals surface area (Å²) in [5, 5.41) is 76.9. The summed E-state index contributed by atoms with van der Waals surface area (Å²) < 4.78 is 49.3. The van der Waals surface area contributed by atoms with Crippen LogP contribution in [0.4, 0.5) is 4.39 Å². The van der Waals surface area contributed by atoms with Gasteiger partial charge in [0.15, 0.2) is 25.0 Å². The second-order valence-corrected chi connectivity index (χ2v) is 13.3. The molecule has 0 spiro atoms. The lowest BCUT2D eigenvalue weighted by Gasteiger charge is -2.49. The van der Waals surface area contributed by atoms with Gasteiger partial charge in [0.05, 0.1) is 43.0 Å². The third-order valence-electron chi connectivity index (χ3n) is 9.67. The van der Waals surface area contributed by atoms with Crippen LogP contribution >= 0.6 is 0 Å². The minimum absolute atomic E-state index is 0.219. The Kier molecular flexibility index (Phi) is 14.6. The molecule has 4 aliphatic rings. The maximum atomic E-state index is 14.0. The minimum Gasteiger partial charge on any atom is -0.394 e. The van der Waals surface area contributed by atoms with E-state index >= 15 is 0 Å². The van der Waals surface area contributed by atoms with Gasteiger partial charge in [-0.1, -0.05) is 0 Å². The monoisotopic (exact) mass is 731 g/mol. The van der Waals surface area contributed by atoms with E-state index in [2.05, 4.69) is 5.32 Å². The Bertz CT molecular complexity index is 1090. The largest absolute Gasteiger partial charge is 0.394 e. The van der Waals surface area contributed by atoms with Crippen LogP contribution in [-0.4, -0.2) is 190 Å². The maximum Gasteiger partial charge on any atom is 0.252 e. The number of halogens is 1. The number of carbonyl (C=O) groups excluding carboxylic acids is 1.